The quantitative estimate of drug-likeness (QED) is 0.861. The molecule has 22 heavy (non-hydrogen) atoms. The number of aromatic nitrogens is 1. The SMILES string of the molecule is N#Cc1cccc(NC(=S)N2CCOC2c2cccnc2)c1. The Morgan fingerprint density at radius 3 is 3.09 bits per heavy atom. The molecule has 0 aliphatic carbocycles. The molecule has 2 heterocycles. The predicted octanol–water partition coefficient (Wildman–Crippen LogP) is 2.68. The van der Waals surface area contributed by atoms with Crippen LogP contribution in [0.1, 0.15) is 17.4 Å². The summed E-state index contributed by atoms with van der Waals surface area (Å²) in [4.78, 5) is 6.10. The number of anilines is 1. The maximum absolute atomic E-state index is 8.95. The van der Waals surface area contributed by atoms with Crippen LogP contribution in [0.5, 0.6) is 0 Å². The molecule has 5 nitrogen and oxygen atoms in total. The van der Waals surface area contributed by atoms with Crippen LogP contribution in [0.4, 0.5) is 5.69 Å². The largest absolute Gasteiger partial charge is 0.352 e. The van der Waals surface area contributed by atoms with E-state index in [0.717, 1.165) is 11.3 Å². The highest BCUT2D eigenvalue weighted by Crippen LogP contribution is 2.27. The maximum atomic E-state index is 8.95. The van der Waals surface area contributed by atoms with Crippen LogP contribution >= 0.6 is 12.2 Å². The fraction of sp³-hybridized carbons (Fsp3) is 0.188. The zero-order valence-electron chi connectivity index (χ0n) is 11.8. The Morgan fingerprint density at radius 1 is 1.41 bits per heavy atom. The van der Waals surface area contributed by atoms with E-state index < -0.39 is 0 Å². The lowest BCUT2D eigenvalue weighted by Crippen LogP contribution is -2.34. The Hall–Kier alpha value is -2.49. The maximum Gasteiger partial charge on any atom is 0.175 e. The number of nitrogens with one attached hydrogen (secondary N) is 1. The Bertz CT molecular complexity index is 714. The van der Waals surface area contributed by atoms with Crippen molar-refractivity contribution in [3.05, 3.63) is 59.9 Å². The van der Waals surface area contributed by atoms with Crippen LogP contribution in [-0.2, 0) is 4.74 Å². The van der Waals surface area contributed by atoms with Crippen molar-refractivity contribution in [2.75, 3.05) is 18.5 Å². The molecule has 1 fully saturated rings. The van der Waals surface area contributed by atoms with Crippen molar-refractivity contribution in [2.24, 2.45) is 0 Å². The zero-order chi connectivity index (χ0) is 15.4. The second kappa shape index (κ2) is 6.52. The predicted molar refractivity (Wildman–Crippen MR) is 87.0 cm³/mol. The highest BCUT2D eigenvalue weighted by Gasteiger charge is 2.29. The number of hydrogen-bond acceptors (Lipinski definition) is 4. The first kappa shape index (κ1) is 14.4. The number of pyridine rings is 1. The molecule has 1 aliphatic heterocycles. The van der Waals surface area contributed by atoms with Crippen LogP contribution < -0.4 is 5.32 Å². The topological polar surface area (TPSA) is 61.2 Å². The zero-order valence-corrected chi connectivity index (χ0v) is 12.6. The first-order valence-electron chi connectivity index (χ1n) is 6.87. The molecule has 0 radical (unpaired) electrons. The van der Waals surface area contributed by atoms with Crippen LogP contribution in [0.3, 0.4) is 0 Å². The molecule has 110 valence electrons. The summed E-state index contributed by atoms with van der Waals surface area (Å²) in [5.74, 6) is 0. The van der Waals surface area contributed by atoms with Gasteiger partial charge in [-0.1, -0.05) is 12.1 Å². The van der Waals surface area contributed by atoms with Gasteiger partial charge in [0.05, 0.1) is 18.2 Å². The molecule has 1 aromatic heterocycles. The molecule has 0 amide bonds. The first-order valence-corrected chi connectivity index (χ1v) is 7.28. The van der Waals surface area contributed by atoms with E-state index in [-0.39, 0.29) is 6.23 Å². The molecule has 1 aromatic carbocycles. The van der Waals surface area contributed by atoms with Crippen LogP contribution in [-0.4, -0.2) is 28.1 Å². The Kier molecular flexibility index (Phi) is 4.28. The van der Waals surface area contributed by atoms with E-state index in [1.807, 2.05) is 29.2 Å². The average Bonchev–Trinajstić information content (AvgIpc) is 3.05. The van der Waals surface area contributed by atoms with Gasteiger partial charge in [-0.3, -0.25) is 4.98 Å². The lowest BCUT2D eigenvalue weighted by Gasteiger charge is -2.26. The summed E-state index contributed by atoms with van der Waals surface area (Å²) >= 11 is 5.48. The summed E-state index contributed by atoms with van der Waals surface area (Å²) in [5.41, 5.74) is 2.35. The van der Waals surface area contributed by atoms with Crippen molar-refractivity contribution in [1.82, 2.24) is 9.88 Å². The van der Waals surface area contributed by atoms with Crippen molar-refractivity contribution < 1.29 is 4.74 Å². The van der Waals surface area contributed by atoms with E-state index in [1.165, 1.54) is 0 Å². The van der Waals surface area contributed by atoms with Gasteiger partial charge < -0.3 is 15.0 Å². The van der Waals surface area contributed by atoms with E-state index in [4.69, 9.17) is 22.2 Å². The number of nitriles is 1. The van der Waals surface area contributed by atoms with E-state index in [9.17, 15) is 0 Å². The van der Waals surface area contributed by atoms with Crippen molar-refractivity contribution in [1.29, 1.82) is 5.26 Å². The summed E-state index contributed by atoms with van der Waals surface area (Å²) in [6, 6.07) is 13.2. The Labute approximate surface area is 134 Å². The summed E-state index contributed by atoms with van der Waals surface area (Å²) in [6.45, 7) is 1.32. The first-order chi connectivity index (χ1) is 10.8. The van der Waals surface area contributed by atoms with Gasteiger partial charge in [0.1, 0.15) is 0 Å². The minimum absolute atomic E-state index is 0.229. The summed E-state index contributed by atoms with van der Waals surface area (Å²) in [7, 11) is 0. The van der Waals surface area contributed by atoms with Gasteiger partial charge in [-0.25, -0.2) is 0 Å². The number of ether oxygens (including phenoxy) is 1. The average molecular weight is 310 g/mol. The van der Waals surface area contributed by atoms with Gasteiger partial charge in [-0.15, -0.1) is 0 Å². The van der Waals surface area contributed by atoms with Gasteiger partial charge in [0, 0.05) is 30.2 Å². The fourth-order valence-corrected chi connectivity index (χ4v) is 2.64. The third kappa shape index (κ3) is 3.06. The molecule has 1 aliphatic rings. The minimum atomic E-state index is -0.229. The minimum Gasteiger partial charge on any atom is -0.352 e. The molecule has 0 spiro atoms. The van der Waals surface area contributed by atoms with E-state index >= 15 is 0 Å². The molecule has 1 saturated heterocycles. The molecule has 1 atom stereocenters. The number of hydrogen-bond donors (Lipinski definition) is 1. The molecule has 3 rings (SSSR count). The second-order valence-corrected chi connectivity index (χ2v) is 5.21. The Morgan fingerprint density at radius 2 is 2.32 bits per heavy atom. The van der Waals surface area contributed by atoms with Gasteiger partial charge in [0.25, 0.3) is 0 Å². The monoisotopic (exact) mass is 310 g/mol. The molecule has 1 N–H and O–H groups in total. The Balaban J connectivity index is 1.75. The highest BCUT2D eigenvalue weighted by atomic mass is 32.1. The van der Waals surface area contributed by atoms with Crippen LogP contribution in [0.25, 0.3) is 0 Å². The van der Waals surface area contributed by atoms with Crippen LogP contribution in [0, 0.1) is 11.3 Å². The van der Waals surface area contributed by atoms with Crippen molar-refractivity contribution in [3.63, 3.8) is 0 Å². The normalized spacial score (nSPS) is 17.0. The summed E-state index contributed by atoms with van der Waals surface area (Å²) in [6.07, 6.45) is 3.28. The second-order valence-electron chi connectivity index (χ2n) is 4.83. The van der Waals surface area contributed by atoms with Crippen molar-refractivity contribution in [3.8, 4) is 6.07 Å². The molecule has 6 heteroatoms. The molecular weight excluding hydrogens is 296 g/mol. The summed E-state index contributed by atoms with van der Waals surface area (Å²) in [5, 5.41) is 12.7. The van der Waals surface area contributed by atoms with Crippen molar-refractivity contribution >= 4 is 23.0 Å². The third-order valence-corrected chi connectivity index (χ3v) is 3.70. The summed E-state index contributed by atoms with van der Waals surface area (Å²) < 4.78 is 5.76. The van der Waals surface area contributed by atoms with Crippen molar-refractivity contribution in [2.45, 2.75) is 6.23 Å². The van der Waals surface area contributed by atoms with Crippen LogP contribution in [0.15, 0.2) is 48.8 Å². The molecule has 0 saturated carbocycles. The standard InChI is InChI=1S/C16H14N4OS/c17-10-12-3-1-5-14(9-12)19-16(22)20-7-8-21-15(20)13-4-2-6-18-11-13/h1-6,9,11,15H,7-8H2,(H,19,22). The van der Waals surface area contributed by atoms with Gasteiger partial charge >= 0.3 is 0 Å². The number of benzene rings is 1. The highest BCUT2D eigenvalue weighted by molar-refractivity contribution is 7.80. The van der Waals surface area contributed by atoms with Gasteiger partial charge in [0.2, 0.25) is 0 Å². The van der Waals surface area contributed by atoms with E-state index in [2.05, 4.69) is 16.4 Å². The van der Waals surface area contributed by atoms with Crippen LogP contribution in [0.2, 0.25) is 0 Å². The smallest absolute Gasteiger partial charge is 0.175 e. The number of rotatable bonds is 2. The van der Waals surface area contributed by atoms with E-state index in [0.29, 0.717) is 23.8 Å². The molecule has 0 bridgehead atoms. The van der Waals surface area contributed by atoms with Gasteiger partial charge in [0.15, 0.2) is 11.3 Å². The number of thiocarbonyl (C=S) groups is 1. The lowest BCUT2D eigenvalue weighted by molar-refractivity contribution is 0.0639. The molecule has 1 unspecified atom stereocenters. The van der Waals surface area contributed by atoms with Gasteiger partial charge in [-0.05, 0) is 36.5 Å². The van der Waals surface area contributed by atoms with E-state index in [1.54, 1.807) is 24.5 Å². The van der Waals surface area contributed by atoms with Gasteiger partial charge in [-0.2, -0.15) is 5.26 Å². The fourth-order valence-electron chi connectivity index (χ4n) is 2.34. The lowest BCUT2D eigenvalue weighted by atomic mass is 10.2. The number of nitrogens with zero attached hydrogens (tertiary/aromatic N) is 3. The molecular formula is C16H14N4OS. The third-order valence-electron chi connectivity index (χ3n) is 3.36. The molecule has 2 aromatic rings.